The molecule has 1 atom stereocenters. The number of nitrogens with zero attached hydrogens (tertiary/aromatic N) is 2. The zero-order valence-electron chi connectivity index (χ0n) is 11.6. The van der Waals surface area contributed by atoms with E-state index in [0.717, 1.165) is 44.7 Å². The van der Waals surface area contributed by atoms with Gasteiger partial charge in [-0.2, -0.15) is 4.98 Å². The Labute approximate surface area is 113 Å². The summed E-state index contributed by atoms with van der Waals surface area (Å²) in [4.78, 5) is 8.74. The molecule has 0 aliphatic carbocycles. The monoisotopic (exact) mass is 266 g/mol. The van der Waals surface area contributed by atoms with Crippen molar-refractivity contribution in [2.75, 3.05) is 31.3 Å². The number of hydrogen-bond donors (Lipinski definition) is 2. The Morgan fingerprint density at radius 3 is 2.95 bits per heavy atom. The molecule has 1 aliphatic rings. The molecule has 1 fully saturated rings. The number of ether oxygens (including phenoxy) is 2. The quantitative estimate of drug-likeness (QED) is 0.814. The number of hydrogen-bond acceptors (Lipinski definition) is 6. The molecule has 1 saturated heterocycles. The van der Waals surface area contributed by atoms with E-state index in [4.69, 9.17) is 15.2 Å². The predicted molar refractivity (Wildman–Crippen MR) is 74.5 cm³/mol. The second-order valence-corrected chi connectivity index (χ2v) is 4.68. The molecule has 1 unspecified atom stereocenters. The number of methoxy groups -OCH3 is 1. The molecular weight excluding hydrogens is 244 g/mol. The van der Waals surface area contributed by atoms with E-state index in [1.165, 1.54) is 0 Å². The average Bonchev–Trinajstić information content (AvgIpc) is 2.92. The van der Waals surface area contributed by atoms with Crippen molar-refractivity contribution in [2.24, 2.45) is 0 Å². The molecule has 0 spiro atoms. The number of anilines is 2. The van der Waals surface area contributed by atoms with E-state index in [2.05, 4.69) is 22.2 Å². The van der Waals surface area contributed by atoms with Crippen LogP contribution < -0.4 is 15.8 Å². The van der Waals surface area contributed by atoms with Gasteiger partial charge in [0, 0.05) is 19.6 Å². The van der Waals surface area contributed by atoms with Crippen LogP contribution in [-0.2, 0) is 11.2 Å². The van der Waals surface area contributed by atoms with Crippen LogP contribution in [-0.4, -0.2) is 36.3 Å². The summed E-state index contributed by atoms with van der Waals surface area (Å²) in [6, 6.07) is 0. The molecule has 106 valence electrons. The topological polar surface area (TPSA) is 82.3 Å². The van der Waals surface area contributed by atoms with Gasteiger partial charge in [0.05, 0.1) is 13.2 Å². The van der Waals surface area contributed by atoms with Crippen LogP contribution in [0.3, 0.4) is 0 Å². The molecule has 0 amide bonds. The second kappa shape index (κ2) is 6.56. The maximum absolute atomic E-state index is 5.99. The standard InChI is InChI=1S/C13H22N4O2/c1-3-5-10-16-12(11(14)13(17-10)18-2)15-8-9-6-4-7-19-9/h9H,3-8,14H2,1-2H3,(H,15,16,17). The van der Waals surface area contributed by atoms with E-state index in [1.54, 1.807) is 7.11 Å². The van der Waals surface area contributed by atoms with E-state index in [0.29, 0.717) is 17.4 Å². The van der Waals surface area contributed by atoms with Gasteiger partial charge in [-0.3, -0.25) is 0 Å². The number of rotatable bonds is 6. The number of nitrogens with one attached hydrogen (secondary N) is 1. The van der Waals surface area contributed by atoms with E-state index < -0.39 is 0 Å². The van der Waals surface area contributed by atoms with E-state index in [9.17, 15) is 0 Å². The molecule has 0 bridgehead atoms. The lowest BCUT2D eigenvalue weighted by atomic mass is 10.2. The Hall–Kier alpha value is -1.56. The third-order valence-electron chi connectivity index (χ3n) is 3.15. The molecule has 2 rings (SSSR count). The Morgan fingerprint density at radius 1 is 1.47 bits per heavy atom. The highest BCUT2D eigenvalue weighted by Crippen LogP contribution is 2.26. The second-order valence-electron chi connectivity index (χ2n) is 4.68. The minimum absolute atomic E-state index is 0.245. The first kappa shape index (κ1) is 13.9. The zero-order valence-corrected chi connectivity index (χ0v) is 11.6. The molecule has 1 aliphatic heterocycles. The largest absolute Gasteiger partial charge is 0.479 e. The van der Waals surface area contributed by atoms with Gasteiger partial charge in [-0.05, 0) is 19.3 Å². The van der Waals surface area contributed by atoms with Crippen molar-refractivity contribution in [1.82, 2.24) is 9.97 Å². The first-order valence-corrected chi connectivity index (χ1v) is 6.80. The highest BCUT2D eigenvalue weighted by Gasteiger charge is 2.17. The number of aryl methyl sites for hydroxylation is 1. The minimum Gasteiger partial charge on any atom is -0.479 e. The van der Waals surface area contributed by atoms with Gasteiger partial charge >= 0.3 is 0 Å². The number of nitrogens with two attached hydrogens (primary N) is 1. The van der Waals surface area contributed by atoms with Crippen LogP contribution in [0.4, 0.5) is 11.5 Å². The molecule has 19 heavy (non-hydrogen) atoms. The molecule has 3 N–H and O–H groups in total. The van der Waals surface area contributed by atoms with Crippen molar-refractivity contribution in [2.45, 2.75) is 38.7 Å². The maximum atomic E-state index is 5.99. The van der Waals surface area contributed by atoms with Gasteiger partial charge in [0.1, 0.15) is 11.5 Å². The molecule has 6 heteroatoms. The van der Waals surface area contributed by atoms with Crippen molar-refractivity contribution in [3.63, 3.8) is 0 Å². The Morgan fingerprint density at radius 2 is 2.32 bits per heavy atom. The van der Waals surface area contributed by atoms with Crippen molar-refractivity contribution < 1.29 is 9.47 Å². The molecular formula is C13H22N4O2. The molecule has 1 aromatic rings. The minimum atomic E-state index is 0.245. The van der Waals surface area contributed by atoms with Gasteiger partial charge in [0.25, 0.3) is 0 Å². The normalized spacial score (nSPS) is 18.5. The summed E-state index contributed by atoms with van der Waals surface area (Å²) < 4.78 is 10.8. The summed E-state index contributed by atoms with van der Waals surface area (Å²) in [5.41, 5.74) is 6.45. The van der Waals surface area contributed by atoms with Gasteiger partial charge < -0.3 is 20.5 Å². The van der Waals surface area contributed by atoms with Gasteiger partial charge in [-0.1, -0.05) is 6.92 Å². The van der Waals surface area contributed by atoms with Crippen LogP contribution in [0.25, 0.3) is 0 Å². The molecule has 6 nitrogen and oxygen atoms in total. The molecule has 0 radical (unpaired) electrons. The molecule has 2 heterocycles. The fourth-order valence-electron chi connectivity index (χ4n) is 2.13. The van der Waals surface area contributed by atoms with Crippen LogP contribution in [0.15, 0.2) is 0 Å². The smallest absolute Gasteiger partial charge is 0.242 e. The van der Waals surface area contributed by atoms with Crippen molar-refractivity contribution in [1.29, 1.82) is 0 Å². The fourth-order valence-corrected chi connectivity index (χ4v) is 2.13. The van der Waals surface area contributed by atoms with Gasteiger partial charge in [0.2, 0.25) is 5.88 Å². The summed E-state index contributed by atoms with van der Waals surface area (Å²) in [6.07, 6.45) is 4.24. The molecule has 0 aromatic carbocycles. The Balaban J connectivity index is 2.09. The maximum Gasteiger partial charge on any atom is 0.242 e. The van der Waals surface area contributed by atoms with E-state index >= 15 is 0 Å². The lowest BCUT2D eigenvalue weighted by molar-refractivity contribution is 0.120. The highest BCUT2D eigenvalue weighted by atomic mass is 16.5. The third-order valence-corrected chi connectivity index (χ3v) is 3.15. The lowest BCUT2D eigenvalue weighted by Gasteiger charge is -2.15. The molecule has 1 aromatic heterocycles. The van der Waals surface area contributed by atoms with Crippen LogP contribution in [0.2, 0.25) is 0 Å². The number of nitrogen functional groups attached to an aromatic ring is 1. The summed E-state index contributed by atoms with van der Waals surface area (Å²) in [5.74, 6) is 1.84. The summed E-state index contributed by atoms with van der Waals surface area (Å²) in [6.45, 7) is 3.65. The lowest BCUT2D eigenvalue weighted by Crippen LogP contribution is -2.20. The first-order valence-electron chi connectivity index (χ1n) is 6.80. The Kier molecular flexibility index (Phi) is 4.79. The SMILES string of the molecule is CCCc1nc(NCC2CCCO2)c(N)c(OC)n1. The predicted octanol–water partition coefficient (Wildman–Crippen LogP) is 1.61. The Bertz CT molecular complexity index is 419. The zero-order chi connectivity index (χ0) is 13.7. The number of aromatic nitrogens is 2. The summed E-state index contributed by atoms with van der Waals surface area (Å²) in [5, 5.41) is 3.25. The fraction of sp³-hybridized carbons (Fsp3) is 0.692. The van der Waals surface area contributed by atoms with Gasteiger partial charge in [-0.15, -0.1) is 0 Å². The van der Waals surface area contributed by atoms with Gasteiger partial charge in [0.15, 0.2) is 5.82 Å². The van der Waals surface area contributed by atoms with Gasteiger partial charge in [-0.25, -0.2) is 4.98 Å². The first-order chi connectivity index (χ1) is 9.24. The van der Waals surface area contributed by atoms with Crippen LogP contribution in [0, 0.1) is 0 Å². The van der Waals surface area contributed by atoms with Crippen LogP contribution in [0.1, 0.15) is 32.0 Å². The summed E-state index contributed by atoms with van der Waals surface area (Å²) in [7, 11) is 1.57. The molecule has 0 saturated carbocycles. The van der Waals surface area contributed by atoms with E-state index in [1.807, 2.05) is 0 Å². The van der Waals surface area contributed by atoms with E-state index in [-0.39, 0.29) is 6.10 Å². The third kappa shape index (κ3) is 3.47. The van der Waals surface area contributed by atoms with Crippen molar-refractivity contribution >= 4 is 11.5 Å². The average molecular weight is 266 g/mol. The highest BCUT2D eigenvalue weighted by molar-refractivity contribution is 5.66. The summed E-state index contributed by atoms with van der Waals surface area (Å²) >= 11 is 0. The van der Waals surface area contributed by atoms with Crippen LogP contribution >= 0.6 is 0 Å². The van der Waals surface area contributed by atoms with Crippen LogP contribution in [0.5, 0.6) is 5.88 Å². The van der Waals surface area contributed by atoms with Crippen molar-refractivity contribution in [3.8, 4) is 5.88 Å². The van der Waals surface area contributed by atoms with Crippen molar-refractivity contribution in [3.05, 3.63) is 5.82 Å².